The Morgan fingerprint density at radius 1 is 1.10 bits per heavy atom. The van der Waals surface area contributed by atoms with Crippen molar-refractivity contribution in [2.24, 2.45) is 0 Å². The molecule has 2 aromatic carbocycles. The van der Waals surface area contributed by atoms with Crippen LogP contribution in [-0.2, 0) is 24.1 Å². The van der Waals surface area contributed by atoms with Crippen molar-refractivity contribution in [2.75, 3.05) is 18.2 Å². The molecule has 0 saturated carbocycles. The summed E-state index contributed by atoms with van der Waals surface area (Å²) < 4.78 is 10.9. The Bertz CT molecular complexity index is 970. The molecule has 0 aliphatic carbocycles. The van der Waals surface area contributed by atoms with Crippen LogP contribution in [0.5, 0.6) is 5.75 Å². The Morgan fingerprint density at radius 3 is 2.57 bits per heavy atom. The minimum Gasteiger partial charge on any atom is -0.496 e. The van der Waals surface area contributed by atoms with Crippen LogP contribution >= 0.6 is 11.8 Å². The minimum atomic E-state index is -0.0983. The van der Waals surface area contributed by atoms with Crippen molar-refractivity contribution in [3.8, 4) is 5.75 Å². The van der Waals surface area contributed by atoms with E-state index in [1.807, 2.05) is 37.3 Å². The van der Waals surface area contributed by atoms with Gasteiger partial charge in [0.25, 0.3) is 5.22 Å². The normalized spacial score (nSPS) is 10.8. The van der Waals surface area contributed by atoms with E-state index in [1.165, 1.54) is 22.9 Å². The molecule has 6 nitrogen and oxygen atoms in total. The number of nitrogens with one attached hydrogen (secondary N) is 1. The van der Waals surface area contributed by atoms with Gasteiger partial charge in [0.05, 0.1) is 12.9 Å². The zero-order valence-electron chi connectivity index (χ0n) is 17.6. The van der Waals surface area contributed by atoms with E-state index in [1.54, 1.807) is 7.11 Å². The molecule has 1 heterocycles. The third-order valence-corrected chi connectivity index (χ3v) is 5.55. The molecule has 3 aromatic rings. The fraction of sp³-hybridized carbons (Fsp3) is 0.348. The highest BCUT2D eigenvalue weighted by Gasteiger charge is 2.10. The van der Waals surface area contributed by atoms with Crippen molar-refractivity contribution >= 4 is 23.4 Å². The maximum Gasteiger partial charge on any atom is 0.277 e. The van der Waals surface area contributed by atoms with Crippen molar-refractivity contribution in [1.29, 1.82) is 0 Å². The Hall–Kier alpha value is -2.80. The molecule has 158 valence electrons. The smallest absolute Gasteiger partial charge is 0.277 e. The second kappa shape index (κ2) is 10.8. The molecule has 0 bridgehead atoms. The third kappa shape index (κ3) is 6.35. The first kappa shape index (κ1) is 21.9. The molecule has 0 spiro atoms. The summed E-state index contributed by atoms with van der Waals surface area (Å²) in [6, 6.07) is 14.1. The first-order valence-electron chi connectivity index (χ1n) is 10.0. The Kier molecular flexibility index (Phi) is 7.90. The van der Waals surface area contributed by atoms with Crippen LogP contribution in [0.2, 0.25) is 0 Å². The molecule has 0 saturated heterocycles. The number of anilines is 1. The number of rotatable bonds is 10. The van der Waals surface area contributed by atoms with Gasteiger partial charge in [-0.15, -0.1) is 10.2 Å². The molecule has 0 aliphatic heterocycles. The third-order valence-electron chi connectivity index (χ3n) is 4.74. The van der Waals surface area contributed by atoms with Crippen molar-refractivity contribution in [2.45, 2.75) is 44.8 Å². The Labute approximate surface area is 181 Å². The second-order valence-electron chi connectivity index (χ2n) is 7.01. The quantitative estimate of drug-likeness (QED) is 0.468. The maximum absolute atomic E-state index is 12.1. The van der Waals surface area contributed by atoms with Crippen LogP contribution in [0.4, 0.5) is 5.69 Å². The highest BCUT2D eigenvalue weighted by Crippen LogP contribution is 2.21. The average Bonchev–Trinajstić information content (AvgIpc) is 3.21. The van der Waals surface area contributed by atoms with Gasteiger partial charge in [-0.1, -0.05) is 43.0 Å². The van der Waals surface area contributed by atoms with Crippen LogP contribution in [-0.4, -0.2) is 29.0 Å². The van der Waals surface area contributed by atoms with E-state index in [2.05, 4.69) is 34.6 Å². The zero-order chi connectivity index (χ0) is 21.3. The largest absolute Gasteiger partial charge is 0.496 e. The SMILES string of the molecule is CCc1ccc(NC(=O)CSc2nnc(CCCc3ccc(OC)c(C)c3)o2)cc1. The molecule has 7 heteroatoms. The fourth-order valence-corrected chi connectivity index (χ4v) is 3.67. The van der Waals surface area contributed by atoms with E-state index in [-0.39, 0.29) is 11.7 Å². The molecule has 1 aromatic heterocycles. The van der Waals surface area contributed by atoms with Crippen molar-refractivity contribution in [3.05, 3.63) is 65.0 Å². The number of nitrogens with zero attached hydrogens (tertiary/aromatic N) is 2. The van der Waals surface area contributed by atoms with Gasteiger partial charge >= 0.3 is 0 Å². The molecule has 0 fully saturated rings. The predicted molar refractivity (Wildman–Crippen MR) is 119 cm³/mol. The minimum absolute atomic E-state index is 0.0983. The van der Waals surface area contributed by atoms with E-state index in [0.29, 0.717) is 17.5 Å². The van der Waals surface area contributed by atoms with Gasteiger partial charge in [0.1, 0.15) is 5.75 Å². The zero-order valence-corrected chi connectivity index (χ0v) is 18.4. The molecule has 0 unspecified atom stereocenters. The second-order valence-corrected chi connectivity index (χ2v) is 7.93. The molecular formula is C23H27N3O3S. The maximum atomic E-state index is 12.1. The highest BCUT2D eigenvalue weighted by molar-refractivity contribution is 7.99. The van der Waals surface area contributed by atoms with Gasteiger partial charge in [0, 0.05) is 12.1 Å². The van der Waals surface area contributed by atoms with Crippen molar-refractivity contribution in [3.63, 3.8) is 0 Å². The van der Waals surface area contributed by atoms with E-state index in [4.69, 9.17) is 9.15 Å². The van der Waals surface area contributed by atoms with Gasteiger partial charge in [0.2, 0.25) is 11.8 Å². The highest BCUT2D eigenvalue weighted by atomic mass is 32.2. The van der Waals surface area contributed by atoms with Gasteiger partial charge in [0.15, 0.2) is 0 Å². The number of hydrogen-bond donors (Lipinski definition) is 1. The number of carbonyl (C=O) groups excluding carboxylic acids is 1. The number of benzene rings is 2. The standard InChI is InChI=1S/C23H27N3O3S/c1-4-17-8-11-19(12-9-17)24-21(27)15-30-23-26-25-22(29-23)7-5-6-18-10-13-20(28-3)16(2)14-18/h8-14H,4-7,15H2,1-3H3,(H,24,27). The molecule has 1 amide bonds. The van der Waals surface area contributed by atoms with Gasteiger partial charge in [-0.2, -0.15) is 0 Å². The van der Waals surface area contributed by atoms with E-state index < -0.39 is 0 Å². The van der Waals surface area contributed by atoms with E-state index in [9.17, 15) is 4.79 Å². The first-order valence-corrected chi connectivity index (χ1v) is 11.0. The fourth-order valence-electron chi connectivity index (χ4n) is 3.09. The summed E-state index contributed by atoms with van der Waals surface area (Å²) in [6.45, 7) is 4.14. The molecule has 0 aliphatic rings. The number of methoxy groups -OCH3 is 1. The summed E-state index contributed by atoms with van der Waals surface area (Å²) in [5.41, 5.74) is 4.41. The van der Waals surface area contributed by atoms with Crippen LogP contribution in [0.25, 0.3) is 0 Å². The molecule has 1 N–H and O–H groups in total. The Balaban J connectivity index is 1.41. The number of thioether (sulfide) groups is 1. The van der Waals surface area contributed by atoms with Gasteiger partial charge in [-0.25, -0.2) is 0 Å². The van der Waals surface area contributed by atoms with Gasteiger partial charge in [-0.05, 0) is 61.1 Å². The van der Waals surface area contributed by atoms with E-state index in [0.717, 1.165) is 36.3 Å². The number of ether oxygens (including phenoxy) is 1. The topological polar surface area (TPSA) is 77.2 Å². The lowest BCUT2D eigenvalue weighted by atomic mass is 10.1. The summed E-state index contributed by atoms with van der Waals surface area (Å²) in [7, 11) is 1.68. The molecule has 30 heavy (non-hydrogen) atoms. The number of aryl methyl sites for hydroxylation is 4. The summed E-state index contributed by atoms with van der Waals surface area (Å²) in [5.74, 6) is 1.62. The average molecular weight is 426 g/mol. The lowest BCUT2D eigenvalue weighted by molar-refractivity contribution is -0.113. The lowest BCUT2D eigenvalue weighted by Gasteiger charge is -2.06. The van der Waals surface area contributed by atoms with Crippen LogP contribution in [0.15, 0.2) is 52.1 Å². The van der Waals surface area contributed by atoms with Crippen LogP contribution in [0, 0.1) is 6.92 Å². The number of hydrogen-bond acceptors (Lipinski definition) is 6. The lowest BCUT2D eigenvalue weighted by Crippen LogP contribution is -2.13. The predicted octanol–water partition coefficient (Wildman–Crippen LogP) is 4.86. The summed E-state index contributed by atoms with van der Waals surface area (Å²) in [5, 5.41) is 11.4. The van der Waals surface area contributed by atoms with Gasteiger partial charge in [-0.3, -0.25) is 4.79 Å². The van der Waals surface area contributed by atoms with Crippen LogP contribution < -0.4 is 10.1 Å². The molecule has 0 radical (unpaired) electrons. The van der Waals surface area contributed by atoms with Crippen LogP contribution in [0.3, 0.4) is 0 Å². The monoisotopic (exact) mass is 425 g/mol. The number of carbonyl (C=O) groups is 1. The van der Waals surface area contributed by atoms with E-state index >= 15 is 0 Å². The number of amides is 1. The Morgan fingerprint density at radius 2 is 1.87 bits per heavy atom. The summed E-state index contributed by atoms with van der Waals surface area (Å²) >= 11 is 1.25. The molecule has 0 atom stereocenters. The van der Waals surface area contributed by atoms with Crippen molar-refractivity contribution < 1.29 is 13.9 Å². The number of aromatic nitrogens is 2. The first-order chi connectivity index (χ1) is 14.6. The summed E-state index contributed by atoms with van der Waals surface area (Å²) in [6.07, 6.45) is 3.51. The summed E-state index contributed by atoms with van der Waals surface area (Å²) in [4.78, 5) is 12.1. The molecular weight excluding hydrogens is 398 g/mol. The van der Waals surface area contributed by atoms with Gasteiger partial charge < -0.3 is 14.5 Å². The van der Waals surface area contributed by atoms with Crippen LogP contribution in [0.1, 0.15) is 35.9 Å². The molecule has 3 rings (SSSR count). The van der Waals surface area contributed by atoms with Crippen molar-refractivity contribution in [1.82, 2.24) is 10.2 Å².